The second-order valence-electron chi connectivity index (χ2n) is 4.81. The van der Waals surface area contributed by atoms with Crippen LogP contribution in [0.4, 0.5) is 5.69 Å². The molecule has 0 radical (unpaired) electrons. The highest BCUT2D eigenvalue weighted by molar-refractivity contribution is 5.56. The molecule has 0 amide bonds. The minimum absolute atomic E-state index is 0.210. The molecule has 18 heavy (non-hydrogen) atoms. The quantitative estimate of drug-likeness (QED) is 0.842. The van der Waals surface area contributed by atoms with E-state index in [0.717, 1.165) is 12.1 Å². The van der Waals surface area contributed by atoms with Gasteiger partial charge in [-0.1, -0.05) is 48.5 Å². The molecule has 2 atom stereocenters. The summed E-state index contributed by atoms with van der Waals surface area (Å²) in [4.78, 5) is 0. The molecule has 1 aliphatic rings. The fraction of sp³-hybridized carbons (Fsp3) is 0.250. The Bertz CT molecular complexity index is 524. The van der Waals surface area contributed by atoms with Gasteiger partial charge in [0.1, 0.15) is 0 Å². The number of fused-ring (bicyclic) bond motifs is 1. The van der Waals surface area contributed by atoms with Crippen LogP contribution in [0.25, 0.3) is 0 Å². The van der Waals surface area contributed by atoms with Crippen molar-refractivity contribution in [2.45, 2.75) is 18.4 Å². The number of anilines is 1. The predicted molar refractivity (Wildman–Crippen MR) is 73.7 cm³/mol. The summed E-state index contributed by atoms with van der Waals surface area (Å²) in [6.07, 6.45) is 0.942. The van der Waals surface area contributed by atoms with E-state index in [1.807, 2.05) is 18.2 Å². The Kier molecular flexibility index (Phi) is 3.03. The van der Waals surface area contributed by atoms with E-state index in [0.29, 0.717) is 6.04 Å². The molecule has 0 spiro atoms. The molecule has 2 aromatic rings. The van der Waals surface area contributed by atoms with Crippen LogP contribution in [0.1, 0.15) is 29.5 Å². The lowest BCUT2D eigenvalue weighted by Crippen LogP contribution is -2.23. The lowest BCUT2D eigenvalue weighted by Gasteiger charge is -2.32. The highest BCUT2D eigenvalue weighted by Crippen LogP contribution is 2.39. The number of aliphatic hydroxyl groups is 1. The molecule has 2 unspecified atom stereocenters. The Morgan fingerprint density at radius 2 is 1.72 bits per heavy atom. The molecule has 1 aliphatic heterocycles. The first-order valence-corrected chi connectivity index (χ1v) is 6.40. The number of rotatable bonds is 2. The Hall–Kier alpha value is -1.80. The van der Waals surface area contributed by atoms with Gasteiger partial charge >= 0.3 is 0 Å². The molecular formula is C16H17NO. The van der Waals surface area contributed by atoms with E-state index in [9.17, 15) is 5.11 Å². The van der Waals surface area contributed by atoms with Gasteiger partial charge in [0, 0.05) is 11.6 Å². The number of benzene rings is 2. The third-order valence-corrected chi connectivity index (χ3v) is 3.67. The highest BCUT2D eigenvalue weighted by Gasteiger charge is 2.26. The van der Waals surface area contributed by atoms with Crippen LogP contribution in [0.3, 0.4) is 0 Å². The van der Waals surface area contributed by atoms with E-state index in [1.165, 1.54) is 11.1 Å². The van der Waals surface area contributed by atoms with Gasteiger partial charge in [0.15, 0.2) is 0 Å². The fourth-order valence-electron chi connectivity index (χ4n) is 2.72. The van der Waals surface area contributed by atoms with Crippen molar-refractivity contribution < 1.29 is 5.11 Å². The maximum Gasteiger partial charge on any atom is 0.0520 e. The number of para-hydroxylation sites is 1. The zero-order valence-corrected chi connectivity index (χ0v) is 10.2. The average molecular weight is 239 g/mol. The van der Waals surface area contributed by atoms with Crippen molar-refractivity contribution in [3.63, 3.8) is 0 Å². The largest absolute Gasteiger partial charge is 0.396 e. The SMILES string of the molecule is OCC1CC(c2ccccc2)Nc2ccccc21. The second-order valence-corrected chi connectivity index (χ2v) is 4.81. The van der Waals surface area contributed by atoms with E-state index < -0.39 is 0 Å². The summed E-state index contributed by atoms with van der Waals surface area (Å²) in [5.41, 5.74) is 3.66. The van der Waals surface area contributed by atoms with Gasteiger partial charge in [-0.3, -0.25) is 0 Å². The van der Waals surface area contributed by atoms with Gasteiger partial charge in [-0.2, -0.15) is 0 Å². The van der Waals surface area contributed by atoms with Crippen molar-refractivity contribution in [1.29, 1.82) is 0 Å². The van der Waals surface area contributed by atoms with Gasteiger partial charge in [-0.15, -0.1) is 0 Å². The van der Waals surface area contributed by atoms with E-state index in [2.05, 4.69) is 41.7 Å². The Balaban J connectivity index is 1.95. The first kappa shape index (κ1) is 11.3. The molecule has 0 aromatic heterocycles. The normalized spacial score (nSPS) is 22.1. The summed E-state index contributed by atoms with van der Waals surface area (Å²) in [5, 5.41) is 13.1. The van der Waals surface area contributed by atoms with Crippen LogP contribution in [-0.2, 0) is 0 Å². The maximum absolute atomic E-state index is 9.57. The van der Waals surface area contributed by atoms with E-state index in [-0.39, 0.29) is 12.5 Å². The van der Waals surface area contributed by atoms with Crippen LogP contribution in [-0.4, -0.2) is 11.7 Å². The minimum atomic E-state index is 0.210. The van der Waals surface area contributed by atoms with Crippen LogP contribution in [0, 0.1) is 0 Å². The second kappa shape index (κ2) is 4.83. The summed E-state index contributed by atoms with van der Waals surface area (Å²) in [7, 11) is 0. The van der Waals surface area contributed by atoms with E-state index in [4.69, 9.17) is 0 Å². The van der Waals surface area contributed by atoms with Crippen LogP contribution >= 0.6 is 0 Å². The zero-order valence-electron chi connectivity index (χ0n) is 10.2. The molecule has 2 aromatic carbocycles. The van der Waals surface area contributed by atoms with Crippen molar-refractivity contribution in [2.75, 3.05) is 11.9 Å². The van der Waals surface area contributed by atoms with Gasteiger partial charge in [-0.05, 0) is 23.6 Å². The molecule has 92 valence electrons. The molecule has 0 aliphatic carbocycles. The third kappa shape index (κ3) is 2.00. The Morgan fingerprint density at radius 1 is 1.00 bits per heavy atom. The summed E-state index contributed by atoms with van der Waals surface area (Å²) in [6.45, 7) is 0.210. The smallest absolute Gasteiger partial charge is 0.0520 e. The monoisotopic (exact) mass is 239 g/mol. The van der Waals surface area contributed by atoms with Crippen LogP contribution < -0.4 is 5.32 Å². The van der Waals surface area contributed by atoms with Gasteiger partial charge < -0.3 is 10.4 Å². The van der Waals surface area contributed by atoms with Gasteiger partial charge in [0.25, 0.3) is 0 Å². The number of nitrogens with one attached hydrogen (secondary N) is 1. The molecule has 0 saturated heterocycles. The minimum Gasteiger partial charge on any atom is -0.396 e. The van der Waals surface area contributed by atoms with Crippen LogP contribution in [0.2, 0.25) is 0 Å². The van der Waals surface area contributed by atoms with Crippen molar-refractivity contribution in [3.8, 4) is 0 Å². The first-order valence-electron chi connectivity index (χ1n) is 6.40. The third-order valence-electron chi connectivity index (χ3n) is 3.67. The van der Waals surface area contributed by atoms with Gasteiger partial charge in [0.2, 0.25) is 0 Å². The molecule has 2 N–H and O–H groups in total. The molecule has 1 heterocycles. The van der Waals surface area contributed by atoms with E-state index in [1.54, 1.807) is 0 Å². The standard InChI is InChI=1S/C16H17NO/c18-11-13-10-16(12-6-2-1-3-7-12)17-15-9-5-4-8-14(13)15/h1-9,13,16-18H,10-11H2. The zero-order chi connectivity index (χ0) is 12.4. The maximum atomic E-state index is 9.57. The summed E-state index contributed by atoms with van der Waals surface area (Å²) in [5.74, 6) is 0.229. The topological polar surface area (TPSA) is 32.3 Å². The van der Waals surface area contributed by atoms with Crippen LogP contribution in [0.5, 0.6) is 0 Å². The molecular weight excluding hydrogens is 222 g/mol. The fourth-order valence-corrected chi connectivity index (χ4v) is 2.72. The molecule has 2 nitrogen and oxygen atoms in total. The van der Waals surface area contributed by atoms with Crippen molar-refractivity contribution in [2.24, 2.45) is 0 Å². The molecule has 0 bridgehead atoms. The van der Waals surface area contributed by atoms with E-state index >= 15 is 0 Å². The van der Waals surface area contributed by atoms with Crippen molar-refractivity contribution in [1.82, 2.24) is 0 Å². The first-order chi connectivity index (χ1) is 8.88. The predicted octanol–water partition coefficient (Wildman–Crippen LogP) is 3.32. The van der Waals surface area contributed by atoms with Gasteiger partial charge in [-0.25, -0.2) is 0 Å². The lowest BCUT2D eigenvalue weighted by molar-refractivity contribution is 0.252. The Labute approximate surface area is 107 Å². The summed E-state index contributed by atoms with van der Waals surface area (Å²) >= 11 is 0. The van der Waals surface area contributed by atoms with Crippen molar-refractivity contribution >= 4 is 5.69 Å². The van der Waals surface area contributed by atoms with Crippen molar-refractivity contribution in [3.05, 3.63) is 65.7 Å². The average Bonchev–Trinajstić information content (AvgIpc) is 2.47. The van der Waals surface area contributed by atoms with Gasteiger partial charge in [0.05, 0.1) is 12.6 Å². The lowest BCUT2D eigenvalue weighted by atomic mass is 9.85. The Morgan fingerprint density at radius 3 is 2.50 bits per heavy atom. The highest BCUT2D eigenvalue weighted by atomic mass is 16.3. The molecule has 0 saturated carbocycles. The molecule has 2 heteroatoms. The number of hydrogen-bond donors (Lipinski definition) is 2. The number of aliphatic hydroxyl groups excluding tert-OH is 1. The number of hydrogen-bond acceptors (Lipinski definition) is 2. The summed E-state index contributed by atoms with van der Waals surface area (Å²) in [6, 6.07) is 19.0. The van der Waals surface area contributed by atoms with Crippen LogP contribution in [0.15, 0.2) is 54.6 Å². The molecule has 0 fully saturated rings. The molecule has 3 rings (SSSR count). The summed E-state index contributed by atoms with van der Waals surface area (Å²) < 4.78 is 0.